The Balaban J connectivity index is 2.67. The predicted octanol–water partition coefficient (Wildman–Crippen LogP) is 0.792. The Kier molecular flexibility index (Phi) is 5.59. The van der Waals surface area contributed by atoms with E-state index in [4.69, 9.17) is 19.9 Å². The maximum absolute atomic E-state index is 9.32. The molecule has 0 bridgehead atoms. The molecule has 0 amide bonds. The van der Waals surface area contributed by atoms with E-state index in [0.717, 1.165) is 0 Å². The molecule has 0 aliphatic carbocycles. The molecule has 0 radical (unpaired) electrons. The number of hydrogen-bond donors (Lipinski definition) is 2. The van der Waals surface area contributed by atoms with Crippen LogP contribution in [-0.4, -0.2) is 38.6 Å². The second kappa shape index (κ2) is 6.98. The van der Waals surface area contributed by atoms with Crippen LogP contribution in [0.2, 0.25) is 0 Å². The standard InChI is InChI=1S/C12H19NO4/c1-15-10-4-3-5-11(16-2)12(10)17-7-6-9(14)8-13/h3-5,9,14H,6-8,13H2,1-2H3. The van der Waals surface area contributed by atoms with Crippen LogP contribution in [0.1, 0.15) is 6.42 Å². The minimum Gasteiger partial charge on any atom is -0.493 e. The van der Waals surface area contributed by atoms with Crippen molar-refractivity contribution in [1.82, 2.24) is 0 Å². The van der Waals surface area contributed by atoms with Crippen molar-refractivity contribution in [3.8, 4) is 17.2 Å². The van der Waals surface area contributed by atoms with E-state index in [1.54, 1.807) is 26.4 Å². The van der Waals surface area contributed by atoms with E-state index in [9.17, 15) is 5.11 Å². The second-order valence-corrected chi connectivity index (χ2v) is 3.52. The van der Waals surface area contributed by atoms with Crippen molar-refractivity contribution in [3.05, 3.63) is 18.2 Å². The van der Waals surface area contributed by atoms with E-state index >= 15 is 0 Å². The van der Waals surface area contributed by atoms with Crippen LogP contribution in [0, 0.1) is 0 Å². The summed E-state index contributed by atoms with van der Waals surface area (Å²) in [7, 11) is 3.13. The first-order chi connectivity index (χ1) is 8.22. The van der Waals surface area contributed by atoms with Gasteiger partial charge in [-0.25, -0.2) is 0 Å². The van der Waals surface area contributed by atoms with Gasteiger partial charge >= 0.3 is 0 Å². The van der Waals surface area contributed by atoms with E-state index in [1.165, 1.54) is 0 Å². The van der Waals surface area contributed by atoms with Gasteiger partial charge in [0, 0.05) is 13.0 Å². The van der Waals surface area contributed by atoms with Crippen LogP contribution >= 0.6 is 0 Å². The van der Waals surface area contributed by atoms with E-state index in [2.05, 4.69) is 0 Å². The summed E-state index contributed by atoms with van der Waals surface area (Å²) in [5.74, 6) is 1.75. The molecule has 17 heavy (non-hydrogen) atoms. The van der Waals surface area contributed by atoms with Crippen molar-refractivity contribution >= 4 is 0 Å². The van der Waals surface area contributed by atoms with Gasteiger partial charge in [0.1, 0.15) is 0 Å². The fraction of sp³-hybridized carbons (Fsp3) is 0.500. The SMILES string of the molecule is COc1cccc(OC)c1OCCC(O)CN. The van der Waals surface area contributed by atoms with Crippen molar-refractivity contribution in [3.63, 3.8) is 0 Å². The normalized spacial score (nSPS) is 12.0. The molecule has 0 fully saturated rings. The molecule has 0 aromatic heterocycles. The lowest BCUT2D eigenvalue weighted by Crippen LogP contribution is -2.22. The van der Waals surface area contributed by atoms with Gasteiger partial charge in [0.25, 0.3) is 0 Å². The summed E-state index contributed by atoms with van der Waals surface area (Å²) in [6, 6.07) is 5.40. The minimum atomic E-state index is -0.546. The predicted molar refractivity (Wildman–Crippen MR) is 64.7 cm³/mol. The molecule has 1 atom stereocenters. The summed E-state index contributed by atoms with van der Waals surface area (Å²) in [5.41, 5.74) is 5.31. The van der Waals surface area contributed by atoms with E-state index in [0.29, 0.717) is 30.3 Å². The third-order valence-electron chi connectivity index (χ3n) is 2.35. The van der Waals surface area contributed by atoms with Gasteiger partial charge in [0.05, 0.1) is 26.9 Å². The number of ether oxygens (including phenoxy) is 3. The fourth-order valence-electron chi connectivity index (χ4n) is 1.37. The first-order valence-electron chi connectivity index (χ1n) is 5.44. The average molecular weight is 241 g/mol. The average Bonchev–Trinajstić information content (AvgIpc) is 2.38. The van der Waals surface area contributed by atoms with Gasteiger partial charge < -0.3 is 25.1 Å². The van der Waals surface area contributed by atoms with Crippen molar-refractivity contribution in [2.45, 2.75) is 12.5 Å². The number of methoxy groups -OCH3 is 2. The Morgan fingerprint density at radius 3 is 2.29 bits per heavy atom. The number of para-hydroxylation sites is 1. The maximum Gasteiger partial charge on any atom is 0.203 e. The Morgan fingerprint density at radius 1 is 1.24 bits per heavy atom. The highest BCUT2D eigenvalue weighted by Gasteiger charge is 2.11. The van der Waals surface area contributed by atoms with Crippen LogP contribution in [0.3, 0.4) is 0 Å². The number of aliphatic hydroxyl groups is 1. The summed E-state index contributed by atoms with van der Waals surface area (Å²) in [6.45, 7) is 0.585. The summed E-state index contributed by atoms with van der Waals surface area (Å²) < 4.78 is 15.9. The van der Waals surface area contributed by atoms with E-state index < -0.39 is 6.10 Å². The minimum absolute atomic E-state index is 0.229. The van der Waals surface area contributed by atoms with Gasteiger partial charge in [-0.2, -0.15) is 0 Å². The molecule has 0 spiro atoms. The molecular weight excluding hydrogens is 222 g/mol. The highest BCUT2D eigenvalue weighted by Crippen LogP contribution is 2.36. The van der Waals surface area contributed by atoms with Gasteiger partial charge in [-0.1, -0.05) is 6.07 Å². The van der Waals surface area contributed by atoms with Crippen LogP contribution in [0.5, 0.6) is 17.2 Å². The molecular formula is C12H19NO4. The largest absolute Gasteiger partial charge is 0.493 e. The Labute approximate surface area is 101 Å². The zero-order valence-corrected chi connectivity index (χ0v) is 10.2. The number of benzene rings is 1. The Bertz CT molecular complexity index is 321. The molecule has 0 aliphatic heterocycles. The highest BCUT2D eigenvalue weighted by atomic mass is 16.5. The van der Waals surface area contributed by atoms with Gasteiger partial charge in [-0.3, -0.25) is 0 Å². The van der Waals surface area contributed by atoms with E-state index in [1.807, 2.05) is 6.07 Å². The molecule has 0 saturated carbocycles. The molecule has 0 heterocycles. The third kappa shape index (κ3) is 3.80. The second-order valence-electron chi connectivity index (χ2n) is 3.52. The van der Waals surface area contributed by atoms with Gasteiger partial charge in [0.2, 0.25) is 5.75 Å². The molecule has 1 aromatic rings. The molecule has 3 N–H and O–H groups in total. The number of nitrogens with two attached hydrogens (primary N) is 1. The number of rotatable bonds is 7. The molecule has 0 aliphatic rings. The Hall–Kier alpha value is -1.46. The van der Waals surface area contributed by atoms with Gasteiger partial charge in [-0.05, 0) is 12.1 Å². The van der Waals surface area contributed by atoms with Crippen LogP contribution in [-0.2, 0) is 0 Å². The highest BCUT2D eigenvalue weighted by molar-refractivity contribution is 5.51. The van der Waals surface area contributed by atoms with Crippen LogP contribution in [0.25, 0.3) is 0 Å². The molecule has 1 rings (SSSR count). The first-order valence-corrected chi connectivity index (χ1v) is 5.44. The molecule has 5 nitrogen and oxygen atoms in total. The molecule has 5 heteroatoms. The lowest BCUT2D eigenvalue weighted by atomic mass is 10.2. The molecule has 96 valence electrons. The molecule has 1 aromatic carbocycles. The van der Waals surface area contributed by atoms with Gasteiger partial charge in [-0.15, -0.1) is 0 Å². The van der Waals surface area contributed by atoms with E-state index in [-0.39, 0.29) is 6.54 Å². The van der Waals surface area contributed by atoms with Crippen molar-refractivity contribution < 1.29 is 19.3 Å². The third-order valence-corrected chi connectivity index (χ3v) is 2.35. The number of hydrogen-bond acceptors (Lipinski definition) is 5. The zero-order valence-electron chi connectivity index (χ0n) is 10.2. The maximum atomic E-state index is 9.32. The Morgan fingerprint density at radius 2 is 1.82 bits per heavy atom. The quantitative estimate of drug-likeness (QED) is 0.738. The smallest absolute Gasteiger partial charge is 0.203 e. The lowest BCUT2D eigenvalue weighted by Gasteiger charge is -2.15. The lowest BCUT2D eigenvalue weighted by molar-refractivity contribution is 0.143. The first kappa shape index (κ1) is 13.6. The monoisotopic (exact) mass is 241 g/mol. The summed E-state index contributed by atoms with van der Waals surface area (Å²) in [4.78, 5) is 0. The number of aliphatic hydroxyl groups excluding tert-OH is 1. The summed E-state index contributed by atoms with van der Waals surface area (Å²) >= 11 is 0. The van der Waals surface area contributed by atoms with Crippen molar-refractivity contribution in [2.24, 2.45) is 5.73 Å². The summed E-state index contributed by atoms with van der Waals surface area (Å²) in [6.07, 6.45) is -0.0757. The molecule has 0 saturated heterocycles. The van der Waals surface area contributed by atoms with Crippen LogP contribution < -0.4 is 19.9 Å². The van der Waals surface area contributed by atoms with Crippen LogP contribution in [0.4, 0.5) is 0 Å². The fourth-order valence-corrected chi connectivity index (χ4v) is 1.37. The topological polar surface area (TPSA) is 73.9 Å². The van der Waals surface area contributed by atoms with Crippen LogP contribution in [0.15, 0.2) is 18.2 Å². The van der Waals surface area contributed by atoms with Crippen molar-refractivity contribution in [1.29, 1.82) is 0 Å². The summed E-state index contributed by atoms with van der Waals surface area (Å²) in [5, 5.41) is 9.32. The zero-order chi connectivity index (χ0) is 12.7. The van der Waals surface area contributed by atoms with Gasteiger partial charge in [0.15, 0.2) is 11.5 Å². The van der Waals surface area contributed by atoms with Crippen molar-refractivity contribution in [2.75, 3.05) is 27.4 Å². The molecule has 1 unspecified atom stereocenters.